The monoisotopic (exact) mass is 408 g/mol. The summed E-state index contributed by atoms with van der Waals surface area (Å²) in [5.74, 6) is 0.0297. The SMILES string of the molecule is CCC(CC)Nc1ccc2c(c1)CNCCCCCCCN2C(=O)c1cccnc1. The van der Waals surface area contributed by atoms with E-state index in [0.29, 0.717) is 11.6 Å². The predicted molar refractivity (Wildman–Crippen MR) is 125 cm³/mol. The van der Waals surface area contributed by atoms with Gasteiger partial charge in [-0.3, -0.25) is 9.78 Å². The first-order valence-corrected chi connectivity index (χ1v) is 11.5. The Balaban J connectivity index is 1.94. The van der Waals surface area contributed by atoms with E-state index >= 15 is 0 Å². The molecule has 1 aliphatic heterocycles. The van der Waals surface area contributed by atoms with Gasteiger partial charge in [0.1, 0.15) is 0 Å². The second-order valence-corrected chi connectivity index (χ2v) is 8.14. The molecule has 0 radical (unpaired) electrons. The molecule has 0 saturated heterocycles. The molecule has 0 aliphatic carbocycles. The molecule has 3 rings (SSSR count). The van der Waals surface area contributed by atoms with Crippen molar-refractivity contribution in [3.05, 3.63) is 53.9 Å². The van der Waals surface area contributed by atoms with Gasteiger partial charge >= 0.3 is 0 Å². The average Bonchev–Trinajstić information content (AvgIpc) is 2.78. The van der Waals surface area contributed by atoms with Gasteiger partial charge in [-0.1, -0.05) is 33.1 Å². The smallest absolute Gasteiger partial charge is 0.259 e. The van der Waals surface area contributed by atoms with E-state index in [-0.39, 0.29) is 5.91 Å². The summed E-state index contributed by atoms with van der Waals surface area (Å²) in [6, 6.07) is 10.6. The van der Waals surface area contributed by atoms with E-state index in [2.05, 4.69) is 47.7 Å². The third kappa shape index (κ3) is 6.05. The molecule has 5 nitrogen and oxygen atoms in total. The summed E-state index contributed by atoms with van der Waals surface area (Å²) in [6.07, 6.45) is 11.4. The Hall–Kier alpha value is -2.40. The normalized spacial score (nSPS) is 15.8. The second-order valence-electron chi connectivity index (χ2n) is 8.14. The summed E-state index contributed by atoms with van der Waals surface area (Å²) in [5, 5.41) is 7.24. The molecule has 1 aromatic carbocycles. The third-order valence-corrected chi connectivity index (χ3v) is 5.93. The van der Waals surface area contributed by atoms with Crippen LogP contribution in [0.3, 0.4) is 0 Å². The molecule has 2 aromatic rings. The number of nitrogens with one attached hydrogen (secondary N) is 2. The van der Waals surface area contributed by atoms with Crippen molar-refractivity contribution in [3.63, 3.8) is 0 Å². The highest BCUT2D eigenvalue weighted by atomic mass is 16.2. The highest BCUT2D eigenvalue weighted by Gasteiger charge is 2.21. The van der Waals surface area contributed by atoms with Gasteiger partial charge in [-0.05, 0) is 68.1 Å². The molecule has 5 heteroatoms. The van der Waals surface area contributed by atoms with E-state index < -0.39 is 0 Å². The van der Waals surface area contributed by atoms with E-state index in [9.17, 15) is 4.79 Å². The lowest BCUT2D eigenvalue weighted by atomic mass is 10.1. The zero-order valence-electron chi connectivity index (χ0n) is 18.5. The summed E-state index contributed by atoms with van der Waals surface area (Å²) in [6.45, 7) is 6.94. The maximum absolute atomic E-state index is 13.4. The second kappa shape index (κ2) is 11.7. The number of fused-ring (bicyclic) bond motifs is 1. The maximum atomic E-state index is 13.4. The highest BCUT2D eigenvalue weighted by Crippen LogP contribution is 2.28. The standard InChI is InChI=1S/C25H36N4O/c1-3-22(4-2)28-23-12-13-24-21(17-23)19-26-14-8-6-5-7-9-16-29(24)25(30)20-11-10-15-27-18-20/h10-13,15,17-18,22,26,28H,3-9,14,16,19H2,1-2H3. The van der Waals surface area contributed by atoms with Crippen LogP contribution in [-0.4, -0.2) is 30.0 Å². The molecule has 0 atom stereocenters. The number of benzene rings is 1. The minimum absolute atomic E-state index is 0.0297. The van der Waals surface area contributed by atoms with E-state index in [4.69, 9.17) is 0 Å². The van der Waals surface area contributed by atoms with Gasteiger partial charge in [0, 0.05) is 42.9 Å². The van der Waals surface area contributed by atoms with Gasteiger partial charge in [0.15, 0.2) is 0 Å². The zero-order valence-corrected chi connectivity index (χ0v) is 18.5. The van der Waals surface area contributed by atoms with E-state index in [1.807, 2.05) is 17.0 Å². The Labute approximate surface area is 181 Å². The summed E-state index contributed by atoms with van der Waals surface area (Å²) < 4.78 is 0. The number of carbonyl (C=O) groups is 1. The number of rotatable bonds is 5. The molecular weight excluding hydrogens is 372 g/mol. The molecule has 2 N–H and O–H groups in total. The topological polar surface area (TPSA) is 57.3 Å². The molecule has 0 bridgehead atoms. The lowest BCUT2D eigenvalue weighted by molar-refractivity contribution is 0.0986. The van der Waals surface area contributed by atoms with Crippen LogP contribution in [0.2, 0.25) is 0 Å². The summed E-state index contributed by atoms with van der Waals surface area (Å²) in [4.78, 5) is 19.5. The molecule has 0 saturated carbocycles. The van der Waals surface area contributed by atoms with Gasteiger partial charge in [0.05, 0.1) is 5.56 Å². The quantitative estimate of drug-likeness (QED) is 0.697. The summed E-state index contributed by atoms with van der Waals surface area (Å²) in [7, 11) is 0. The van der Waals surface area contributed by atoms with Crippen LogP contribution >= 0.6 is 0 Å². The Kier molecular flexibility index (Phi) is 8.69. The molecule has 0 spiro atoms. The Morgan fingerprint density at radius 2 is 1.93 bits per heavy atom. The van der Waals surface area contributed by atoms with Crippen LogP contribution in [0.4, 0.5) is 11.4 Å². The van der Waals surface area contributed by atoms with Gasteiger partial charge in [-0.2, -0.15) is 0 Å². The highest BCUT2D eigenvalue weighted by molar-refractivity contribution is 6.06. The molecule has 0 fully saturated rings. The van der Waals surface area contributed by atoms with Crippen molar-refractivity contribution < 1.29 is 4.79 Å². The fraction of sp³-hybridized carbons (Fsp3) is 0.520. The van der Waals surface area contributed by atoms with Crippen LogP contribution < -0.4 is 15.5 Å². The van der Waals surface area contributed by atoms with Crippen LogP contribution in [-0.2, 0) is 6.54 Å². The Morgan fingerprint density at radius 1 is 1.13 bits per heavy atom. The van der Waals surface area contributed by atoms with Crippen LogP contribution in [0.25, 0.3) is 0 Å². The lowest BCUT2D eigenvalue weighted by Crippen LogP contribution is -2.33. The number of pyridine rings is 1. The molecule has 1 amide bonds. The number of amides is 1. The molecule has 1 aliphatic rings. The van der Waals surface area contributed by atoms with Crippen molar-refractivity contribution >= 4 is 17.3 Å². The molecule has 30 heavy (non-hydrogen) atoms. The van der Waals surface area contributed by atoms with Gasteiger partial charge in [0.25, 0.3) is 5.91 Å². The van der Waals surface area contributed by atoms with Crippen molar-refractivity contribution in [2.75, 3.05) is 23.3 Å². The molecule has 162 valence electrons. The number of nitrogens with zero attached hydrogens (tertiary/aromatic N) is 2. The predicted octanol–water partition coefficient (Wildman–Crippen LogP) is 5.38. The summed E-state index contributed by atoms with van der Waals surface area (Å²) in [5.41, 5.74) is 3.95. The van der Waals surface area contributed by atoms with Crippen molar-refractivity contribution in [2.24, 2.45) is 0 Å². The van der Waals surface area contributed by atoms with Gasteiger partial charge in [-0.25, -0.2) is 0 Å². The first kappa shape index (κ1) is 22.3. The van der Waals surface area contributed by atoms with Gasteiger partial charge < -0.3 is 15.5 Å². The lowest BCUT2D eigenvalue weighted by Gasteiger charge is -2.27. The van der Waals surface area contributed by atoms with Crippen LogP contribution in [0.1, 0.15) is 74.7 Å². The van der Waals surface area contributed by atoms with Crippen LogP contribution in [0.15, 0.2) is 42.7 Å². The molecular formula is C25H36N4O. The number of hydrogen-bond donors (Lipinski definition) is 2. The van der Waals surface area contributed by atoms with Crippen LogP contribution in [0, 0.1) is 0 Å². The molecule has 0 unspecified atom stereocenters. The van der Waals surface area contributed by atoms with Crippen molar-refractivity contribution in [3.8, 4) is 0 Å². The Morgan fingerprint density at radius 3 is 2.70 bits per heavy atom. The van der Waals surface area contributed by atoms with Crippen molar-refractivity contribution in [2.45, 2.75) is 71.4 Å². The first-order valence-electron chi connectivity index (χ1n) is 11.5. The zero-order chi connectivity index (χ0) is 21.2. The third-order valence-electron chi connectivity index (χ3n) is 5.93. The average molecular weight is 409 g/mol. The minimum atomic E-state index is 0.0297. The molecule has 1 aromatic heterocycles. The molecule has 2 heterocycles. The van der Waals surface area contributed by atoms with Crippen LogP contribution in [0.5, 0.6) is 0 Å². The maximum Gasteiger partial charge on any atom is 0.259 e. The number of hydrogen-bond acceptors (Lipinski definition) is 4. The number of anilines is 2. The van der Waals surface area contributed by atoms with E-state index in [1.54, 1.807) is 12.4 Å². The van der Waals surface area contributed by atoms with Gasteiger partial charge in [-0.15, -0.1) is 0 Å². The number of aromatic nitrogens is 1. The van der Waals surface area contributed by atoms with E-state index in [0.717, 1.165) is 56.7 Å². The first-order chi connectivity index (χ1) is 14.7. The number of carbonyl (C=O) groups excluding carboxylic acids is 1. The van der Waals surface area contributed by atoms with Crippen molar-refractivity contribution in [1.29, 1.82) is 0 Å². The summed E-state index contributed by atoms with van der Waals surface area (Å²) >= 11 is 0. The fourth-order valence-electron chi connectivity index (χ4n) is 4.06. The fourth-order valence-corrected chi connectivity index (χ4v) is 4.06. The largest absolute Gasteiger partial charge is 0.382 e. The Bertz CT molecular complexity index is 789. The van der Waals surface area contributed by atoms with Crippen molar-refractivity contribution in [1.82, 2.24) is 10.3 Å². The minimum Gasteiger partial charge on any atom is -0.382 e. The van der Waals surface area contributed by atoms with Gasteiger partial charge in [0.2, 0.25) is 0 Å². The van der Waals surface area contributed by atoms with E-state index in [1.165, 1.54) is 24.8 Å².